The highest BCUT2D eigenvalue weighted by Gasteiger charge is 2.35. The molecule has 1 aliphatic rings. The summed E-state index contributed by atoms with van der Waals surface area (Å²) >= 11 is 0. The number of imidazole rings is 1. The van der Waals surface area contributed by atoms with Crippen LogP contribution >= 0.6 is 0 Å². The van der Waals surface area contributed by atoms with Gasteiger partial charge in [-0.15, -0.1) is 0 Å². The molecule has 4 heterocycles. The molecule has 2 N–H and O–H groups in total. The molecule has 0 unspecified atom stereocenters. The lowest BCUT2D eigenvalue weighted by Gasteiger charge is -2.26. The van der Waals surface area contributed by atoms with E-state index in [0.717, 1.165) is 38.5 Å². The first-order valence-corrected chi connectivity index (χ1v) is 14.6. The highest BCUT2D eigenvalue weighted by atomic mass is 19.4. The van der Waals surface area contributed by atoms with Crippen molar-refractivity contribution < 1.29 is 27.2 Å². The smallest absolute Gasteiger partial charge is 0.420 e. The van der Waals surface area contributed by atoms with Crippen molar-refractivity contribution in [2.75, 3.05) is 36.9 Å². The van der Waals surface area contributed by atoms with Crippen LogP contribution in [0.4, 0.5) is 29.5 Å². The first-order chi connectivity index (χ1) is 20.9. The van der Waals surface area contributed by atoms with E-state index in [1.165, 1.54) is 17.0 Å². The number of carbonyl (C=O) groups is 1. The standard InChI is InChI=1S/C32H35F3N6O3/c1-31(2,3)27-19-28(39-44-27)38-30(42)37-23-11-8-22(9-12-23)10-13-24-20-41-21-26(25(32(33,34)35)18-29(41)36-24)43-17-7-16-40-14-5-4-6-15-40/h8-9,11-12,18-21H,4-7,14-17H2,1-3H3,(H2,37,38,39,42). The lowest BCUT2D eigenvalue weighted by molar-refractivity contribution is -0.139. The van der Waals surface area contributed by atoms with Gasteiger partial charge in [-0.3, -0.25) is 5.32 Å². The summed E-state index contributed by atoms with van der Waals surface area (Å²) in [5.74, 6) is 6.57. The lowest BCUT2D eigenvalue weighted by Crippen LogP contribution is -2.31. The van der Waals surface area contributed by atoms with Crippen LogP contribution in [0.5, 0.6) is 5.75 Å². The molecule has 1 aromatic carbocycles. The average Bonchev–Trinajstić information content (AvgIpc) is 3.61. The number of nitrogens with one attached hydrogen (secondary N) is 2. The van der Waals surface area contributed by atoms with Gasteiger partial charge >= 0.3 is 12.2 Å². The number of hydrogen-bond acceptors (Lipinski definition) is 6. The van der Waals surface area contributed by atoms with E-state index in [4.69, 9.17) is 9.26 Å². The minimum atomic E-state index is -4.58. The molecule has 2 amide bonds. The largest absolute Gasteiger partial charge is 0.491 e. The number of likely N-dealkylation sites (tertiary alicyclic amines) is 1. The molecule has 232 valence electrons. The topological polar surface area (TPSA) is 96.9 Å². The average molecular weight is 609 g/mol. The van der Waals surface area contributed by atoms with E-state index >= 15 is 0 Å². The molecule has 44 heavy (non-hydrogen) atoms. The molecule has 0 spiro atoms. The van der Waals surface area contributed by atoms with Gasteiger partial charge in [0.25, 0.3) is 0 Å². The highest BCUT2D eigenvalue weighted by molar-refractivity contribution is 5.99. The number of hydrogen-bond donors (Lipinski definition) is 2. The number of amides is 2. The Hall–Kier alpha value is -4.50. The Morgan fingerprint density at radius 2 is 1.77 bits per heavy atom. The summed E-state index contributed by atoms with van der Waals surface area (Å²) in [4.78, 5) is 18.9. The van der Waals surface area contributed by atoms with E-state index in [2.05, 4.69) is 37.5 Å². The van der Waals surface area contributed by atoms with Gasteiger partial charge in [0.2, 0.25) is 0 Å². The zero-order valence-corrected chi connectivity index (χ0v) is 24.9. The van der Waals surface area contributed by atoms with Crippen LogP contribution in [0.25, 0.3) is 5.65 Å². The molecule has 9 nitrogen and oxygen atoms in total. The van der Waals surface area contributed by atoms with Crippen LogP contribution in [0, 0.1) is 11.8 Å². The Morgan fingerprint density at radius 3 is 2.45 bits per heavy atom. The van der Waals surface area contributed by atoms with Gasteiger partial charge in [0.05, 0.1) is 12.8 Å². The summed E-state index contributed by atoms with van der Waals surface area (Å²) in [6.07, 6.45) is 2.49. The number of anilines is 2. The molecule has 1 fully saturated rings. The minimum absolute atomic E-state index is 0.120. The van der Waals surface area contributed by atoms with E-state index in [-0.39, 0.29) is 23.4 Å². The van der Waals surface area contributed by atoms with Crippen LogP contribution in [0.3, 0.4) is 0 Å². The van der Waals surface area contributed by atoms with Gasteiger partial charge in [-0.2, -0.15) is 13.2 Å². The number of urea groups is 1. The van der Waals surface area contributed by atoms with Crippen molar-refractivity contribution in [2.24, 2.45) is 0 Å². The van der Waals surface area contributed by atoms with Crippen LogP contribution in [-0.4, -0.2) is 51.7 Å². The monoisotopic (exact) mass is 608 g/mol. The number of pyridine rings is 1. The predicted molar refractivity (Wildman–Crippen MR) is 161 cm³/mol. The van der Waals surface area contributed by atoms with Gasteiger partial charge in [-0.25, -0.2) is 9.78 Å². The maximum atomic E-state index is 13.8. The fourth-order valence-corrected chi connectivity index (χ4v) is 4.80. The van der Waals surface area contributed by atoms with Crippen molar-refractivity contribution in [1.82, 2.24) is 19.4 Å². The summed E-state index contributed by atoms with van der Waals surface area (Å²) < 4.78 is 53.9. The van der Waals surface area contributed by atoms with Gasteiger partial charge in [-0.05, 0) is 68.6 Å². The number of aromatic nitrogens is 3. The molecule has 5 rings (SSSR count). The van der Waals surface area contributed by atoms with E-state index in [1.807, 2.05) is 20.8 Å². The summed E-state index contributed by atoms with van der Waals surface area (Å²) in [6.45, 7) is 8.98. The van der Waals surface area contributed by atoms with Crippen LogP contribution in [0.2, 0.25) is 0 Å². The third-order valence-corrected chi connectivity index (χ3v) is 7.16. The number of nitrogens with zero attached hydrogens (tertiary/aromatic N) is 4. The lowest BCUT2D eigenvalue weighted by atomic mass is 9.93. The van der Waals surface area contributed by atoms with Crippen LogP contribution < -0.4 is 15.4 Å². The maximum Gasteiger partial charge on any atom is 0.420 e. The summed E-state index contributed by atoms with van der Waals surface area (Å²) in [6, 6.07) is 8.97. The Morgan fingerprint density at radius 1 is 1.02 bits per heavy atom. The van der Waals surface area contributed by atoms with E-state index < -0.39 is 17.8 Å². The second-order valence-corrected chi connectivity index (χ2v) is 11.8. The van der Waals surface area contributed by atoms with Gasteiger partial charge in [0.1, 0.15) is 28.4 Å². The molecule has 1 saturated heterocycles. The number of fused-ring (bicyclic) bond motifs is 1. The third kappa shape index (κ3) is 8.11. The maximum absolute atomic E-state index is 13.8. The van der Waals surface area contributed by atoms with Crippen molar-refractivity contribution in [3.8, 4) is 17.6 Å². The molecule has 1 aliphatic heterocycles. The Bertz CT molecular complexity index is 1650. The quantitative estimate of drug-likeness (QED) is 0.174. The number of halogens is 3. The zero-order chi connectivity index (χ0) is 31.3. The van der Waals surface area contributed by atoms with Crippen LogP contribution in [0.15, 0.2) is 53.3 Å². The van der Waals surface area contributed by atoms with E-state index in [1.54, 1.807) is 36.5 Å². The van der Waals surface area contributed by atoms with Crippen molar-refractivity contribution >= 4 is 23.2 Å². The van der Waals surface area contributed by atoms with Crippen molar-refractivity contribution in [3.63, 3.8) is 0 Å². The fourth-order valence-electron chi connectivity index (χ4n) is 4.80. The Labute approximate surface area is 253 Å². The number of rotatable bonds is 7. The van der Waals surface area contributed by atoms with Crippen LogP contribution in [-0.2, 0) is 11.6 Å². The van der Waals surface area contributed by atoms with Gasteiger partial charge in [0, 0.05) is 35.5 Å². The molecule has 0 bridgehead atoms. The van der Waals surface area contributed by atoms with Crippen molar-refractivity contribution in [1.29, 1.82) is 0 Å². The Kier molecular flexibility index (Phi) is 9.15. The van der Waals surface area contributed by atoms with Crippen LogP contribution in [0.1, 0.15) is 69.0 Å². The minimum Gasteiger partial charge on any atom is -0.491 e. The second kappa shape index (κ2) is 13.0. The highest BCUT2D eigenvalue weighted by Crippen LogP contribution is 2.37. The summed E-state index contributed by atoms with van der Waals surface area (Å²) in [5, 5.41) is 9.20. The Balaban J connectivity index is 1.21. The third-order valence-electron chi connectivity index (χ3n) is 7.16. The molecule has 0 radical (unpaired) electrons. The van der Waals surface area contributed by atoms with Gasteiger partial charge < -0.3 is 23.9 Å². The molecular formula is C32H35F3N6O3. The zero-order valence-electron chi connectivity index (χ0n) is 24.9. The molecule has 12 heteroatoms. The van der Waals surface area contributed by atoms with Crippen molar-refractivity contribution in [2.45, 2.75) is 58.0 Å². The first-order valence-electron chi connectivity index (χ1n) is 14.6. The summed E-state index contributed by atoms with van der Waals surface area (Å²) in [5.41, 5.74) is 0.493. The normalized spacial score (nSPS) is 14.2. The molecule has 3 aromatic heterocycles. The first kappa shape index (κ1) is 30.9. The van der Waals surface area contributed by atoms with Gasteiger partial charge in [0.15, 0.2) is 5.82 Å². The van der Waals surface area contributed by atoms with E-state index in [9.17, 15) is 18.0 Å². The van der Waals surface area contributed by atoms with E-state index in [0.29, 0.717) is 34.9 Å². The van der Waals surface area contributed by atoms with Gasteiger partial charge in [-0.1, -0.05) is 38.3 Å². The molecule has 0 saturated carbocycles. The number of carbonyl (C=O) groups excluding carboxylic acids is 1. The molecular weight excluding hydrogens is 573 g/mol. The fraction of sp³-hybridized carbons (Fsp3) is 0.406. The predicted octanol–water partition coefficient (Wildman–Crippen LogP) is 6.94. The second-order valence-electron chi connectivity index (χ2n) is 11.8. The number of benzene rings is 1. The number of ether oxygens (including phenoxy) is 1. The number of alkyl halides is 3. The number of piperidine rings is 1. The SMILES string of the molecule is CC(C)(C)c1cc(NC(=O)Nc2ccc(C#Cc3cn4cc(OCCCN5CCCCC5)c(C(F)(F)F)cc4n3)cc2)no1. The molecule has 4 aromatic rings. The molecule has 0 aliphatic carbocycles. The van der Waals surface area contributed by atoms with Crippen molar-refractivity contribution in [3.05, 3.63) is 71.4 Å². The molecule has 0 atom stereocenters. The summed E-state index contributed by atoms with van der Waals surface area (Å²) in [7, 11) is 0.